The van der Waals surface area contributed by atoms with Crippen LogP contribution in [0, 0.1) is 0 Å². The molecule has 1 aromatic carbocycles. The van der Waals surface area contributed by atoms with Crippen LogP contribution >= 0.6 is 11.8 Å². The highest BCUT2D eigenvalue weighted by molar-refractivity contribution is 8.03. The number of hydrogen-bond acceptors (Lipinski definition) is 3. The largest absolute Gasteiger partial charge is 0.548 e. The Kier molecular flexibility index (Phi) is 10.1. The van der Waals surface area contributed by atoms with Crippen molar-refractivity contribution in [2.45, 2.75) is 84.6 Å². The third kappa shape index (κ3) is 8.32. The van der Waals surface area contributed by atoms with Gasteiger partial charge in [0.15, 0.2) is 0 Å². The van der Waals surface area contributed by atoms with E-state index in [0.29, 0.717) is 6.04 Å². The Morgan fingerprint density at radius 1 is 1.19 bits per heavy atom. The molecule has 0 fully saturated rings. The van der Waals surface area contributed by atoms with Crippen LogP contribution in [0.15, 0.2) is 41.5 Å². The van der Waals surface area contributed by atoms with Crippen molar-refractivity contribution in [2.75, 3.05) is 5.75 Å². The summed E-state index contributed by atoms with van der Waals surface area (Å²) in [6, 6.07) is 11.2. The summed E-state index contributed by atoms with van der Waals surface area (Å²) < 4.78 is 6.38. The van der Waals surface area contributed by atoms with Crippen molar-refractivity contribution in [1.82, 2.24) is 5.32 Å². The Morgan fingerprint density at radius 2 is 1.85 bits per heavy atom. The minimum atomic E-state index is -1.75. The summed E-state index contributed by atoms with van der Waals surface area (Å²) in [6.07, 6.45) is 5.51. The third-order valence-corrected chi connectivity index (χ3v) is 10.4. The van der Waals surface area contributed by atoms with Crippen LogP contribution in [0.5, 0.6) is 0 Å². The molecule has 26 heavy (non-hydrogen) atoms. The molecule has 1 atom stereocenters. The first-order chi connectivity index (χ1) is 12.2. The van der Waals surface area contributed by atoms with Crippen LogP contribution in [0.25, 0.3) is 0 Å². The monoisotopic (exact) mass is 393 g/mol. The van der Waals surface area contributed by atoms with Gasteiger partial charge in [-0.15, -0.1) is 11.8 Å². The summed E-state index contributed by atoms with van der Waals surface area (Å²) in [5.41, 5.74) is 1.35. The maximum Gasteiger partial charge on any atom is 0.249 e. The number of hydrogen-bond donors (Lipinski definition) is 1. The normalized spacial score (nSPS) is 14.3. The zero-order valence-electron chi connectivity index (χ0n) is 17.9. The molecule has 0 radical (unpaired) electrons. The summed E-state index contributed by atoms with van der Waals surface area (Å²) >= 11 is 1.92. The van der Waals surface area contributed by atoms with Crippen LogP contribution in [-0.4, -0.2) is 20.1 Å². The molecule has 1 rings (SSSR count). The second kappa shape index (κ2) is 11.2. The molecule has 0 amide bonds. The molecule has 2 nitrogen and oxygen atoms in total. The van der Waals surface area contributed by atoms with E-state index in [9.17, 15) is 0 Å². The Bertz CT molecular complexity index is 537. The summed E-state index contributed by atoms with van der Waals surface area (Å²) in [4.78, 5) is 1.37. The molecule has 0 heterocycles. The van der Waals surface area contributed by atoms with Crippen molar-refractivity contribution in [3.05, 3.63) is 47.1 Å². The van der Waals surface area contributed by atoms with Crippen molar-refractivity contribution >= 4 is 20.1 Å². The topological polar surface area (TPSA) is 21.3 Å². The van der Waals surface area contributed by atoms with Gasteiger partial charge in [-0.25, -0.2) is 0 Å². The van der Waals surface area contributed by atoms with E-state index in [1.165, 1.54) is 23.3 Å². The van der Waals surface area contributed by atoms with Gasteiger partial charge in [0.25, 0.3) is 0 Å². The average molecular weight is 394 g/mol. The molecule has 0 aromatic heterocycles. The molecule has 1 unspecified atom stereocenters. The minimum Gasteiger partial charge on any atom is -0.548 e. The van der Waals surface area contributed by atoms with Gasteiger partial charge in [0.1, 0.15) is 0 Å². The first-order valence-electron chi connectivity index (χ1n) is 9.96. The molecule has 0 saturated carbocycles. The Labute approximate surface area is 167 Å². The number of thioether (sulfide) groups is 1. The van der Waals surface area contributed by atoms with Gasteiger partial charge in [-0.2, -0.15) is 0 Å². The summed E-state index contributed by atoms with van der Waals surface area (Å²) in [5.74, 6) is 1.09. The quantitative estimate of drug-likeness (QED) is 0.324. The lowest BCUT2D eigenvalue weighted by atomic mass is 10.1. The molecular weight excluding hydrogens is 354 g/mol. The van der Waals surface area contributed by atoms with E-state index < -0.39 is 8.32 Å². The van der Waals surface area contributed by atoms with Crippen molar-refractivity contribution in [3.8, 4) is 0 Å². The second-order valence-corrected chi connectivity index (χ2v) is 14.6. The van der Waals surface area contributed by atoms with Crippen LogP contribution in [0.3, 0.4) is 0 Å². The molecule has 0 aliphatic rings. The molecule has 0 aliphatic carbocycles. The Morgan fingerprint density at radius 3 is 2.38 bits per heavy atom. The van der Waals surface area contributed by atoms with E-state index in [2.05, 4.69) is 89.6 Å². The fourth-order valence-electron chi connectivity index (χ4n) is 2.44. The van der Waals surface area contributed by atoms with E-state index in [-0.39, 0.29) is 5.04 Å². The van der Waals surface area contributed by atoms with Gasteiger partial charge >= 0.3 is 0 Å². The van der Waals surface area contributed by atoms with Crippen LogP contribution in [0.4, 0.5) is 0 Å². The number of benzene rings is 1. The lowest BCUT2D eigenvalue weighted by Crippen LogP contribution is -2.39. The van der Waals surface area contributed by atoms with E-state index in [4.69, 9.17) is 4.43 Å². The highest BCUT2D eigenvalue weighted by Crippen LogP contribution is 2.37. The fourth-order valence-corrected chi connectivity index (χ4v) is 4.12. The van der Waals surface area contributed by atoms with Gasteiger partial charge in [-0.1, -0.05) is 71.4 Å². The highest BCUT2D eigenvalue weighted by Gasteiger charge is 2.38. The molecule has 0 saturated heterocycles. The van der Waals surface area contributed by atoms with E-state index in [1.807, 2.05) is 11.8 Å². The summed E-state index contributed by atoms with van der Waals surface area (Å²) in [6.45, 7) is 16.9. The van der Waals surface area contributed by atoms with Crippen molar-refractivity contribution in [3.63, 3.8) is 0 Å². The SMILES string of the molecule is CCCC(C/C(=C/O[Si](C)(C)C(C)(C)C)SCC)NCc1ccccc1. The fraction of sp³-hybridized carbons (Fsp3) is 0.636. The number of nitrogens with one attached hydrogen (secondary N) is 1. The molecular formula is C22H39NOSSi. The predicted molar refractivity (Wildman–Crippen MR) is 121 cm³/mol. The molecule has 148 valence electrons. The Balaban J connectivity index is 2.74. The summed E-state index contributed by atoms with van der Waals surface area (Å²) in [7, 11) is -1.75. The standard InChI is InChI=1S/C22H39NOSSi/c1-8-13-20(23-17-19-14-11-10-12-15-19)16-21(25-9-2)18-24-26(6,7)22(3,4)5/h10-12,14-15,18,20,23H,8-9,13,16-17H2,1-7H3/b21-18-. The van der Waals surface area contributed by atoms with Gasteiger partial charge in [0.05, 0.1) is 6.26 Å². The zero-order valence-corrected chi connectivity index (χ0v) is 19.7. The van der Waals surface area contributed by atoms with Gasteiger partial charge in [-0.05, 0) is 42.3 Å². The van der Waals surface area contributed by atoms with Crippen LogP contribution in [-0.2, 0) is 11.0 Å². The van der Waals surface area contributed by atoms with Gasteiger partial charge in [0.2, 0.25) is 8.32 Å². The molecule has 0 spiro atoms. The van der Waals surface area contributed by atoms with Crippen molar-refractivity contribution in [2.24, 2.45) is 0 Å². The van der Waals surface area contributed by atoms with Crippen molar-refractivity contribution < 1.29 is 4.43 Å². The highest BCUT2D eigenvalue weighted by atomic mass is 32.2. The molecule has 1 N–H and O–H groups in total. The second-order valence-electron chi connectivity index (χ2n) is 8.45. The van der Waals surface area contributed by atoms with Crippen LogP contribution < -0.4 is 5.32 Å². The number of rotatable bonds is 11. The first kappa shape index (κ1) is 23.3. The minimum absolute atomic E-state index is 0.236. The molecule has 4 heteroatoms. The molecule has 0 aliphatic heterocycles. The lowest BCUT2D eigenvalue weighted by Gasteiger charge is -2.35. The van der Waals surface area contributed by atoms with E-state index >= 15 is 0 Å². The average Bonchev–Trinajstić information content (AvgIpc) is 2.58. The maximum absolute atomic E-state index is 6.38. The molecule has 1 aromatic rings. The van der Waals surface area contributed by atoms with Crippen LogP contribution in [0.2, 0.25) is 18.1 Å². The molecule has 0 bridgehead atoms. The van der Waals surface area contributed by atoms with E-state index in [1.54, 1.807) is 0 Å². The van der Waals surface area contributed by atoms with Crippen LogP contribution in [0.1, 0.15) is 59.4 Å². The van der Waals surface area contributed by atoms with Gasteiger partial charge in [0, 0.05) is 17.5 Å². The Hall–Kier alpha value is -0.713. The lowest BCUT2D eigenvalue weighted by molar-refractivity contribution is 0.420. The van der Waals surface area contributed by atoms with Crippen molar-refractivity contribution in [1.29, 1.82) is 0 Å². The smallest absolute Gasteiger partial charge is 0.249 e. The maximum atomic E-state index is 6.38. The summed E-state index contributed by atoms with van der Waals surface area (Å²) in [5, 5.41) is 3.99. The zero-order chi connectivity index (χ0) is 19.6. The van der Waals surface area contributed by atoms with Gasteiger partial charge < -0.3 is 9.74 Å². The third-order valence-electron chi connectivity index (χ3n) is 5.14. The predicted octanol–water partition coefficient (Wildman–Crippen LogP) is 6.95. The van der Waals surface area contributed by atoms with E-state index in [0.717, 1.165) is 18.7 Å². The first-order valence-corrected chi connectivity index (χ1v) is 13.9. The van der Waals surface area contributed by atoms with Gasteiger partial charge in [-0.3, -0.25) is 0 Å².